The Morgan fingerprint density at radius 1 is 1.18 bits per heavy atom. The summed E-state index contributed by atoms with van der Waals surface area (Å²) in [5.41, 5.74) is 1.43. The number of amides is 1. The van der Waals surface area contributed by atoms with Crippen molar-refractivity contribution in [2.24, 2.45) is 0 Å². The van der Waals surface area contributed by atoms with Crippen LogP contribution in [0.25, 0.3) is 16.7 Å². The zero-order chi connectivity index (χ0) is 20.3. The van der Waals surface area contributed by atoms with E-state index < -0.39 is 0 Å². The summed E-state index contributed by atoms with van der Waals surface area (Å²) in [6, 6.07) is 10.9. The molecule has 1 amide bonds. The highest BCUT2D eigenvalue weighted by Crippen LogP contribution is 2.25. The number of fused-ring (bicyclic) bond motifs is 1. The lowest BCUT2D eigenvalue weighted by atomic mass is 10.2. The number of aryl methyl sites for hydroxylation is 1. The molecular weight excluding hydrogens is 372 g/mol. The van der Waals surface area contributed by atoms with Gasteiger partial charge in [0, 0.05) is 19.3 Å². The van der Waals surface area contributed by atoms with E-state index in [4.69, 9.17) is 0 Å². The van der Waals surface area contributed by atoms with Gasteiger partial charge < -0.3 is 4.90 Å². The molecule has 0 saturated carbocycles. The molecule has 2 heterocycles. The predicted octanol–water partition coefficient (Wildman–Crippen LogP) is 3.44. The Morgan fingerprint density at radius 2 is 1.89 bits per heavy atom. The molecule has 28 heavy (non-hydrogen) atoms. The molecule has 2 aromatic heterocycles. The fraction of sp³-hybridized carbons (Fsp3) is 0.333. The quantitative estimate of drug-likeness (QED) is 0.472. The molecule has 6 nitrogen and oxygen atoms in total. The number of benzene rings is 1. The van der Waals surface area contributed by atoms with Gasteiger partial charge in [-0.05, 0) is 51.5 Å². The highest BCUT2D eigenvalue weighted by molar-refractivity contribution is 8.00. The molecule has 0 fully saturated rings. The second-order valence-corrected chi connectivity index (χ2v) is 7.82. The van der Waals surface area contributed by atoms with Crippen molar-refractivity contribution in [3.8, 4) is 5.82 Å². The molecule has 7 heteroatoms. The Bertz CT molecular complexity index is 1040. The van der Waals surface area contributed by atoms with E-state index in [0.717, 1.165) is 5.56 Å². The Morgan fingerprint density at radius 3 is 2.54 bits per heavy atom. The number of aromatic nitrogens is 3. The molecule has 0 aliphatic heterocycles. The van der Waals surface area contributed by atoms with E-state index in [1.165, 1.54) is 16.3 Å². The summed E-state index contributed by atoms with van der Waals surface area (Å²) in [5.74, 6) is 0.527. The fourth-order valence-electron chi connectivity index (χ4n) is 2.99. The monoisotopic (exact) mass is 396 g/mol. The largest absolute Gasteiger partial charge is 0.342 e. The third kappa shape index (κ3) is 3.94. The van der Waals surface area contributed by atoms with Gasteiger partial charge in [0.25, 0.3) is 5.56 Å². The molecule has 0 aliphatic carbocycles. The van der Waals surface area contributed by atoms with E-state index in [2.05, 4.69) is 9.97 Å². The molecule has 0 bridgehead atoms. The first-order valence-electron chi connectivity index (χ1n) is 9.36. The molecule has 146 valence electrons. The third-order valence-corrected chi connectivity index (χ3v) is 5.61. The van der Waals surface area contributed by atoms with Gasteiger partial charge in [-0.3, -0.25) is 9.59 Å². The van der Waals surface area contributed by atoms with Crippen LogP contribution in [0, 0.1) is 6.92 Å². The van der Waals surface area contributed by atoms with Gasteiger partial charge in [0.1, 0.15) is 5.82 Å². The van der Waals surface area contributed by atoms with Crippen molar-refractivity contribution in [2.45, 2.75) is 38.1 Å². The minimum atomic E-state index is -0.371. The van der Waals surface area contributed by atoms with Crippen molar-refractivity contribution in [2.75, 3.05) is 13.1 Å². The minimum absolute atomic E-state index is 0.0285. The minimum Gasteiger partial charge on any atom is -0.342 e. The smallest absolute Gasteiger partial charge is 0.267 e. The molecular formula is C21H24N4O2S. The normalized spacial score (nSPS) is 12.1. The maximum Gasteiger partial charge on any atom is 0.267 e. The Balaban J connectivity index is 2.12. The summed E-state index contributed by atoms with van der Waals surface area (Å²) in [4.78, 5) is 36.8. The van der Waals surface area contributed by atoms with Crippen molar-refractivity contribution in [1.82, 2.24) is 19.4 Å². The topological polar surface area (TPSA) is 68.1 Å². The number of nitrogens with zero attached hydrogens (tertiary/aromatic N) is 4. The second-order valence-electron chi connectivity index (χ2n) is 6.52. The van der Waals surface area contributed by atoms with E-state index in [1.807, 2.05) is 52.0 Å². The SMILES string of the molecule is CCN(CC)C(=O)C(C)Sc1nc2ccccc2c(=O)n1-c1ccc(C)cn1. The Labute approximate surface area is 168 Å². The van der Waals surface area contributed by atoms with Gasteiger partial charge >= 0.3 is 0 Å². The highest BCUT2D eigenvalue weighted by Gasteiger charge is 2.23. The van der Waals surface area contributed by atoms with Gasteiger partial charge in [-0.2, -0.15) is 0 Å². The van der Waals surface area contributed by atoms with Gasteiger partial charge in [-0.15, -0.1) is 0 Å². The van der Waals surface area contributed by atoms with Gasteiger partial charge in [-0.25, -0.2) is 14.5 Å². The molecule has 0 saturated heterocycles. The van der Waals surface area contributed by atoms with Gasteiger partial charge in [0.05, 0.1) is 16.2 Å². The average molecular weight is 397 g/mol. The lowest BCUT2D eigenvalue weighted by Crippen LogP contribution is -2.36. The lowest BCUT2D eigenvalue weighted by Gasteiger charge is -2.23. The summed E-state index contributed by atoms with van der Waals surface area (Å²) < 4.78 is 1.50. The molecule has 3 rings (SSSR count). The van der Waals surface area contributed by atoms with E-state index >= 15 is 0 Å². The number of para-hydroxylation sites is 1. The molecule has 1 unspecified atom stereocenters. The number of pyridine rings is 1. The number of rotatable bonds is 6. The number of carbonyl (C=O) groups excluding carboxylic acids is 1. The lowest BCUT2D eigenvalue weighted by molar-refractivity contribution is -0.129. The first-order chi connectivity index (χ1) is 13.5. The second kappa shape index (κ2) is 8.56. The predicted molar refractivity (Wildman–Crippen MR) is 113 cm³/mol. The summed E-state index contributed by atoms with van der Waals surface area (Å²) in [6.45, 7) is 9.01. The van der Waals surface area contributed by atoms with E-state index in [1.54, 1.807) is 23.2 Å². The first-order valence-corrected chi connectivity index (χ1v) is 10.2. The van der Waals surface area contributed by atoms with Crippen molar-refractivity contribution < 1.29 is 4.79 Å². The van der Waals surface area contributed by atoms with Gasteiger partial charge in [0.15, 0.2) is 5.16 Å². The van der Waals surface area contributed by atoms with E-state index in [9.17, 15) is 9.59 Å². The summed E-state index contributed by atoms with van der Waals surface area (Å²) in [7, 11) is 0. The van der Waals surface area contributed by atoms with Crippen LogP contribution < -0.4 is 5.56 Å². The fourth-order valence-corrected chi connectivity index (χ4v) is 3.99. The first kappa shape index (κ1) is 20.1. The zero-order valence-corrected chi connectivity index (χ0v) is 17.4. The summed E-state index contributed by atoms with van der Waals surface area (Å²) >= 11 is 1.29. The van der Waals surface area contributed by atoms with E-state index in [0.29, 0.717) is 35.0 Å². The maximum absolute atomic E-state index is 13.2. The van der Waals surface area contributed by atoms with Crippen LogP contribution >= 0.6 is 11.8 Å². The Kier molecular flexibility index (Phi) is 6.14. The maximum atomic E-state index is 13.2. The van der Waals surface area contributed by atoms with Crippen LogP contribution in [-0.2, 0) is 4.79 Å². The van der Waals surface area contributed by atoms with Gasteiger partial charge in [-0.1, -0.05) is 30.0 Å². The van der Waals surface area contributed by atoms with Gasteiger partial charge in [0.2, 0.25) is 5.91 Å². The molecule has 0 spiro atoms. The van der Waals surface area contributed by atoms with Crippen LogP contribution in [0.5, 0.6) is 0 Å². The molecule has 0 N–H and O–H groups in total. The number of carbonyl (C=O) groups is 1. The number of hydrogen-bond donors (Lipinski definition) is 0. The van der Waals surface area contributed by atoms with Crippen LogP contribution in [0.4, 0.5) is 0 Å². The standard InChI is InChI=1S/C21H24N4O2S/c1-5-24(6-2)19(26)15(4)28-21-23-17-10-8-7-9-16(17)20(27)25(21)18-12-11-14(3)13-22-18/h7-13,15H,5-6H2,1-4H3. The third-order valence-electron chi connectivity index (χ3n) is 4.57. The molecule has 0 radical (unpaired) electrons. The average Bonchev–Trinajstić information content (AvgIpc) is 2.70. The van der Waals surface area contributed by atoms with E-state index in [-0.39, 0.29) is 16.7 Å². The molecule has 1 atom stereocenters. The van der Waals surface area contributed by atoms with Crippen LogP contribution in [0.3, 0.4) is 0 Å². The van der Waals surface area contributed by atoms with Crippen molar-refractivity contribution in [3.05, 3.63) is 58.5 Å². The Hall–Kier alpha value is -2.67. The van der Waals surface area contributed by atoms with Crippen LogP contribution in [-0.4, -0.2) is 43.7 Å². The van der Waals surface area contributed by atoms with Crippen molar-refractivity contribution >= 4 is 28.6 Å². The molecule has 0 aliphatic rings. The van der Waals surface area contributed by atoms with Crippen LogP contribution in [0.15, 0.2) is 52.5 Å². The van der Waals surface area contributed by atoms with Crippen molar-refractivity contribution in [1.29, 1.82) is 0 Å². The number of thioether (sulfide) groups is 1. The molecule has 3 aromatic rings. The molecule has 1 aromatic carbocycles. The van der Waals surface area contributed by atoms with Crippen molar-refractivity contribution in [3.63, 3.8) is 0 Å². The summed E-state index contributed by atoms with van der Waals surface area (Å²) in [6.07, 6.45) is 1.72. The van der Waals surface area contributed by atoms with Crippen LogP contribution in [0.2, 0.25) is 0 Å². The summed E-state index contributed by atoms with van der Waals surface area (Å²) in [5, 5.41) is 0.620. The number of hydrogen-bond acceptors (Lipinski definition) is 5. The van der Waals surface area contributed by atoms with Crippen LogP contribution in [0.1, 0.15) is 26.3 Å². The zero-order valence-electron chi connectivity index (χ0n) is 16.5. The highest BCUT2D eigenvalue weighted by atomic mass is 32.2.